The van der Waals surface area contributed by atoms with Gasteiger partial charge in [0.15, 0.2) is 0 Å². The number of amides is 1. The normalized spacial score (nSPS) is 15.8. The molecule has 1 amide bonds. The van der Waals surface area contributed by atoms with Gasteiger partial charge in [-0.05, 0) is 50.3 Å². The smallest absolute Gasteiger partial charge is 0.251 e. The van der Waals surface area contributed by atoms with Crippen molar-refractivity contribution in [2.45, 2.75) is 90.5 Å². The summed E-state index contributed by atoms with van der Waals surface area (Å²) in [6, 6.07) is 6.92. The third kappa shape index (κ3) is 4.91. The second-order valence-electron chi connectivity index (χ2n) is 8.48. The Morgan fingerprint density at radius 1 is 1.07 bits per heavy atom. The van der Waals surface area contributed by atoms with Crippen LogP contribution in [0, 0.1) is 12.7 Å². The molecule has 1 aromatic heterocycles. The number of halogens is 1. The molecule has 4 heteroatoms. The molecule has 1 fully saturated rings. The maximum Gasteiger partial charge on any atom is 0.251 e. The van der Waals surface area contributed by atoms with Gasteiger partial charge >= 0.3 is 0 Å². The van der Waals surface area contributed by atoms with Crippen molar-refractivity contribution in [2.75, 3.05) is 0 Å². The Labute approximate surface area is 174 Å². The van der Waals surface area contributed by atoms with Crippen molar-refractivity contribution >= 4 is 5.91 Å². The van der Waals surface area contributed by atoms with Gasteiger partial charge < -0.3 is 10.3 Å². The number of carbonyl (C=O) groups excluding carboxylic acids is 1. The summed E-state index contributed by atoms with van der Waals surface area (Å²) in [5.41, 5.74) is 10.5. The average molecular weight is 399 g/mol. The van der Waals surface area contributed by atoms with Gasteiger partial charge in [0, 0.05) is 23.0 Å². The zero-order valence-electron chi connectivity index (χ0n) is 18.0. The van der Waals surface area contributed by atoms with Crippen LogP contribution in [0.15, 0.2) is 24.3 Å². The highest BCUT2D eigenvalue weighted by Crippen LogP contribution is 2.39. The van der Waals surface area contributed by atoms with Crippen molar-refractivity contribution in [3.8, 4) is 11.1 Å². The number of hydrogen-bond donors (Lipinski definition) is 1. The highest BCUT2D eigenvalue weighted by Gasteiger charge is 2.28. The van der Waals surface area contributed by atoms with E-state index < -0.39 is 0 Å². The molecule has 2 aromatic rings. The van der Waals surface area contributed by atoms with Crippen molar-refractivity contribution in [3.63, 3.8) is 0 Å². The highest BCUT2D eigenvalue weighted by molar-refractivity contribution is 6.02. The lowest BCUT2D eigenvalue weighted by Crippen LogP contribution is -2.17. The van der Waals surface area contributed by atoms with E-state index in [2.05, 4.69) is 11.5 Å². The molecule has 0 bridgehead atoms. The Morgan fingerprint density at radius 3 is 2.28 bits per heavy atom. The Balaban J connectivity index is 2.15. The molecule has 1 aliphatic rings. The third-order valence-electron chi connectivity index (χ3n) is 6.39. The first-order chi connectivity index (χ1) is 14.0. The maximum absolute atomic E-state index is 13.6. The van der Waals surface area contributed by atoms with Gasteiger partial charge in [-0.25, -0.2) is 4.39 Å². The van der Waals surface area contributed by atoms with Gasteiger partial charge in [-0.1, -0.05) is 64.0 Å². The summed E-state index contributed by atoms with van der Waals surface area (Å²) in [5, 5.41) is 0. The molecule has 2 N–H and O–H groups in total. The first-order valence-corrected chi connectivity index (χ1v) is 11.3. The molecule has 0 radical (unpaired) electrons. The van der Waals surface area contributed by atoms with Gasteiger partial charge in [0.1, 0.15) is 5.82 Å². The molecule has 0 unspecified atom stereocenters. The Hall–Kier alpha value is -2.10. The number of benzene rings is 1. The zero-order chi connectivity index (χ0) is 20.8. The molecule has 0 atom stereocenters. The summed E-state index contributed by atoms with van der Waals surface area (Å²) in [4.78, 5) is 12.5. The van der Waals surface area contributed by atoms with Gasteiger partial charge in [0.2, 0.25) is 0 Å². The molecule has 29 heavy (non-hydrogen) atoms. The van der Waals surface area contributed by atoms with Crippen molar-refractivity contribution in [1.82, 2.24) is 4.57 Å². The number of primary amides is 1. The standard InChI is InChI=1S/C25H35FN2O/c1-3-4-8-13-22-24(19-14-16-20(26)17-15-19)23(25(27)29)18(2)28(22)21-11-9-6-5-7-10-12-21/h14-17,21H,3-13H2,1-2H3,(H2,27,29). The predicted molar refractivity (Wildman–Crippen MR) is 118 cm³/mol. The van der Waals surface area contributed by atoms with Crippen LogP contribution >= 0.6 is 0 Å². The van der Waals surface area contributed by atoms with Crippen LogP contribution in [-0.4, -0.2) is 10.5 Å². The van der Waals surface area contributed by atoms with Gasteiger partial charge in [0.05, 0.1) is 5.56 Å². The van der Waals surface area contributed by atoms with Crippen LogP contribution in [-0.2, 0) is 6.42 Å². The van der Waals surface area contributed by atoms with Crippen LogP contribution < -0.4 is 5.73 Å². The fraction of sp³-hybridized carbons (Fsp3) is 0.560. The Morgan fingerprint density at radius 2 is 1.69 bits per heavy atom. The SMILES string of the molecule is CCCCCc1c(-c2ccc(F)cc2)c(C(N)=O)c(C)n1C1CCCCCCC1. The van der Waals surface area contributed by atoms with Gasteiger partial charge in [-0.15, -0.1) is 0 Å². The van der Waals surface area contributed by atoms with Crippen LogP contribution in [0.25, 0.3) is 11.1 Å². The van der Waals surface area contributed by atoms with E-state index >= 15 is 0 Å². The molecule has 0 aliphatic heterocycles. The summed E-state index contributed by atoms with van der Waals surface area (Å²) >= 11 is 0. The van der Waals surface area contributed by atoms with Crippen molar-refractivity contribution in [1.29, 1.82) is 0 Å². The van der Waals surface area contributed by atoms with Crippen LogP contribution in [0.5, 0.6) is 0 Å². The Bertz CT molecular complexity index is 814. The number of nitrogens with zero attached hydrogens (tertiary/aromatic N) is 1. The zero-order valence-corrected chi connectivity index (χ0v) is 18.0. The first-order valence-electron chi connectivity index (χ1n) is 11.3. The van der Waals surface area contributed by atoms with Gasteiger partial charge in [-0.2, -0.15) is 0 Å². The number of nitrogens with two attached hydrogens (primary N) is 1. The molecule has 0 saturated heterocycles. The summed E-state index contributed by atoms with van der Waals surface area (Å²) in [6.07, 6.45) is 13.0. The van der Waals surface area contributed by atoms with E-state index in [0.29, 0.717) is 11.6 Å². The molecule has 1 heterocycles. The number of carbonyl (C=O) groups is 1. The molecule has 1 aromatic carbocycles. The lowest BCUT2D eigenvalue weighted by molar-refractivity contribution is 0.1000. The van der Waals surface area contributed by atoms with E-state index in [-0.39, 0.29) is 11.7 Å². The molecular formula is C25H35FN2O. The van der Waals surface area contributed by atoms with Crippen molar-refractivity contribution in [3.05, 3.63) is 47.0 Å². The van der Waals surface area contributed by atoms with Gasteiger partial charge in [0.25, 0.3) is 5.91 Å². The minimum Gasteiger partial charge on any atom is -0.366 e. The molecule has 0 spiro atoms. The van der Waals surface area contributed by atoms with E-state index in [1.54, 1.807) is 12.1 Å². The largest absolute Gasteiger partial charge is 0.366 e. The number of hydrogen-bond acceptors (Lipinski definition) is 1. The minimum atomic E-state index is -0.386. The molecule has 1 aliphatic carbocycles. The minimum absolute atomic E-state index is 0.266. The van der Waals surface area contributed by atoms with Crippen LogP contribution in [0.1, 0.15) is 98.9 Å². The topological polar surface area (TPSA) is 48.0 Å². The predicted octanol–water partition coefficient (Wildman–Crippen LogP) is 6.72. The number of aromatic nitrogens is 1. The molecule has 1 saturated carbocycles. The van der Waals surface area contributed by atoms with E-state index in [1.807, 2.05) is 6.92 Å². The summed E-state index contributed by atoms with van der Waals surface area (Å²) in [7, 11) is 0. The lowest BCUT2D eigenvalue weighted by atomic mass is 9.95. The summed E-state index contributed by atoms with van der Waals surface area (Å²) < 4.78 is 16.0. The van der Waals surface area contributed by atoms with E-state index in [9.17, 15) is 9.18 Å². The van der Waals surface area contributed by atoms with E-state index in [4.69, 9.17) is 5.73 Å². The number of unbranched alkanes of at least 4 members (excludes halogenated alkanes) is 2. The van der Waals surface area contributed by atoms with E-state index in [1.165, 1.54) is 49.9 Å². The quantitative estimate of drug-likeness (QED) is 0.517. The highest BCUT2D eigenvalue weighted by atomic mass is 19.1. The lowest BCUT2D eigenvalue weighted by Gasteiger charge is -2.26. The molecular weight excluding hydrogens is 363 g/mol. The first kappa shape index (κ1) is 21.6. The van der Waals surface area contributed by atoms with Crippen LogP contribution in [0.4, 0.5) is 4.39 Å². The average Bonchev–Trinajstić information content (AvgIpc) is 2.95. The fourth-order valence-corrected chi connectivity index (χ4v) is 4.97. The van der Waals surface area contributed by atoms with Crippen molar-refractivity contribution in [2.24, 2.45) is 5.73 Å². The second kappa shape index (κ2) is 10.1. The monoisotopic (exact) mass is 398 g/mol. The van der Waals surface area contributed by atoms with Crippen molar-refractivity contribution < 1.29 is 9.18 Å². The summed E-state index contributed by atoms with van der Waals surface area (Å²) in [5.74, 6) is -0.652. The van der Waals surface area contributed by atoms with Crippen LogP contribution in [0.3, 0.4) is 0 Å². The molecule has 3 rings (SSSR count). The van der Waals surface area contributed by atoms with Gasteiger partial charge in [-0.3, -0.25) is 4.79 Å². The Kier molecular flexibility index (Phi) is 7.51. The van der Waals surface area contributed by atoms with E-state index in [0.717, 1.165) is 55.3 Å². The number of rotatable bonds is 7. The fourth-order valence-electron chi connectivity index (χ4n) is 4.97. The van der Waals surface area contributed by atoms with Crippen LogP contribution in [0.2, 0.25) is 0 Å². The summed E-state index contributed by atoms with van der Waals surface area (Å²) in [6.45, 7) is 4.24. The third-order valence-corrected chi connectivity index (χ3v) is 6.39. The molecule has 3 nitrogen and oxygen atoms in total. The maximum atomic E-state index is 13.6. The second-order valence-corrected chi connectivity index (χ2v) is 8.48. The molecule has 158 valence electrons.